The second-order valence-electron chi connectivity index (χ2n) is 3.04. The van der Waals surface area contributed by atoms with Gasteiger partial charge in [-0.15, -0.1) is 0 Å². The Labute approximate surface area is 64.6 Å². The first-order valence-corrected chi connectivity index (χ1v) is 3.59. The molecule has 0 aromatic carbocycles. The Morgan fingerprint density at radius 2 is 1.18 bits per heavy atom. The Bertz CT molecular complexity index is 130. The SMILES string of the molecule is NC1C[C@@H](N)C(O)C(O)[C@@H]1O. The number of hydrogen-bond acceptors (Lipinski definition) is 5. The van der Waals surface area contributed by atoms with Crippen LogP contribution in [0.25, 0.3) is 0 Å². The second kappa shape index (κ2) is 3.04. The third kappa shape index (κ3) is 1.52. The zero-order chi connectivity index (χ0) is 8.59. The van der Waals surface area contributed by atoms with Crippen LogP contribution < -0.4 is 11.5 Å². The summed E-state index contributed by atoms with van der Waals surface area (Å²) in [6.07, 6.45) is -3.01. The third-order valence-electron chi connectivity index (χ3n) is 2.12. The summed E-state index contributed by atoms with van der Waals surface area (Å²) in [5, 5.41) is 27.4. The van der Waals surface area contributed by atoms with E-state index in [-0.39, 0.29) is 0 Å². The van der Waals surface area contributed by atoms with Gasteiger partial charge in [0.15, 0.2) is 0 Å². The molecular weight excluding hydrogens is 148 g/mol. The fourth-order valence-electron chi connectivity index (χ4n) is 1.30. The van der Waals surface area contributed by atoms with Gasteiger partial charge >= 0.3 is 0 Å². The van der Waals surface area contributed by atoms with Crippen LogP contribution in [-0.2, 0) is 0 Å². The zero-order valence-corrected chi connectivity index (χ0v) is 6.09. The van der Waals surface area contributed by atoms with Crippen molar-refractivity contribution in [3.05, 3.63) is 0 Å². The highest BCUT2D eigenvalue weighted by Crippen LogP contribution is 2.17. The van der Waals surface area contributed by atoms with Crippen molar-refractivity contribution in [2.45, 2.75) is 36.8 Å². The summed E-state index contributed by atoms with van der Waals surface area (Å²) in [6, 6.07) is -1.08. The van der Waals surface area contributed by atoms with Gasteiger partial charge in [-0.25, -0.2) is 0 Å². The lowest BCUT2D eigenvalue weighted by atomic mass is 9.85. The van der Waals surface area contributed by atoms with Crippen molar-refractivity contribution < 1.29 is 15.3 Å². The largest absolute Gasteiger partial charge is 0.389 e. The van der Waals surface area contributed by atoms with Crippen LogP contribution in [0.5, 0.6) is 0 Å². The molecule has 1 aliphatic rings. The molecule has 0 radical (unpaired) electrons. The molecule has 0 heterocycles. The molecule has 0 aliphatic heterocycles. The Morgan fingerprint density at radius 1 is 0.818 bits per heavy atom. The summed E-state index contributed by atoms with van der Waals surface area (Å²) >= 11 is 0. The molecule has 0 saturated heterocycles. The molecule has 5 atom stereocenters. The molecular formula is C6H14N2O3. The first kappa shape index (κ1) is 8.89. The first-order chi connectivity index (χ1) is 5.04. The van der Waals surface area contributed by atoms with Crippen molar-refractivity contribution in [2.24, 2.45) is 11.5 Å². The minimum absolute atomic E-state index is 0.333. The van der Waals surface area contributed by atoms with Crippen molar-refractivity contribution >= 4 is 0 Å². The second-order valence-corrected chi connectivity index (χ2v) is 3.04. The molecule has 5 heteroatoms. The normalized spacial score (nSPS) is 52.6. The average molecular weight is 162 g/mol. The van der Waals surface area contributed by atoms with Crippen LogP contribution in [0.2, 0.25) is 0 Å². The summed E-state index contributed by atoms with van der Waals surface area (Å²) < 4.78 is 0. The van der Waals surface area contributed by atoms with E-state index >= 15 is 0 Å². The number of rotatable bonds is 0. The third-order valence-corrected chi connectivity index (χ3v) is 2.12. The molecule has 1 fully saturated rings. The van der Waals surface area contributed by atoms with Crippen molar-refractivity contribution in [2.75, 3.05) is 0 Å². The predicted octanol–water partition coefficient (Wildman–Crippen LogP) is -2.87. The summed E-state index contributed by atoms with van der Waals surface area (Å²) in [6.45, 7) is 0. The van der Waals surface area contributed by atoms with Gasteiger partial charge in [0.25, 0.3) is 0 Å². The molecule has 0 aromatic heterocycles. The van der Waals surface area contributed by atoms with Crippen LogP contribution in [-0.4, -0.2) is 45.7 Å². The van der Waals surface area contributed by atoms with Crippen LogP contribution in [0, 0.1) is 0 Å². The van der Waals surface area contributed by atoms with Crippen LogP contribution in [0.4, 0.5) is 0 Å². The topological polar surface area (TPSA) is 113 Å². The maximum atomic E-state index is 9.14. The van der Waals surface area contributed by atoms with Gasteiger partial charge in [0.1, 0.15) is 6.10 Å². The maximum Gasteiger partial charge on any atom is 0.109 e. The molecule has 66 valence electrons. The smallest absolute Gasteiger partial charge is 0.109 e. The van der Waals surface area contributed by atoms with E-state index in [0.29, 0.717) is 6.42 Å². The van der Waals surface area contributed by atoms with E-state index in [4.69, 9.17) is 26.8 Å². The van der Waals surface area contributed by atoms with E-state index in [2.05, 4.69) is 0 Å². The molecule has 1 saturated carbocycles. The Balaban J connectivity index is 2.63. The van der Waals surface area contributed by atoms with Crippen LogP contribution in [0.15, 0.2) is 0 Å². The van der Waals surface area contributed by atoms with E-state index in [0.717, 1.165) is 0 Å². The van der Waals surface area contributed by atoms with E-state index in [9.17, 15) is 0 Å². The van der Waals surface area contributed by atoms with Gasteiger partial charge in [0, 0.05) is 12.1 Å². The summed E-state index contributed by atoms with van der Waals surface area (Å²) in [4.78, 5) is 0. The standard InChI is InChI=1S/C6H14N2O3/c7-2-1-3(8)5(10)6(11)4(2)9/h2-6,9-11H,1,7-8H2/t2-,3?,4?,5-,6?/m1/s1. The lowest BCUT2D eigenvalue weighted by molar-refractivity contribution is -0.100. The Hall–Kier alpha value is -0.200. The molecule has 0 amide bonds. The Kier molecular flexibility index (Phi) is 2.46. The predicted molar refractivity (Wildman–Crippen MR) is 38.6 cm³/mol. The van der Waals surface area contributed by atoms with Crippen molar-refractivity contribution in [3.8, 4) is 0 Å². The highest BCUT2D eigenvalue weighted by atomic mass is 16.4. The van der Waals surface area contributed by atoms with E-state index < -0.39 is 30.4 Å². The quantitative estimate of drug-likeness (QED) is 0.263. The molecule has 0 aromatic rings. The monoisotopic (exact) mass is 162 g/mol. The highest BCUT2D eigenvalue weighted by Gasteiger charge is 2.39. The number of hydrogen-bond donors (Lipinski definition) is 5. The van der Waals surface area contributed by atoms with Gasteiger partial charge in [0.2, 0.25) is 0 Å². The highest BCUT2D eigenvalue weighted by molar-refractivity contribution is 4.96. The van der Waals surface area contributed by atoms with Gasteiger partial charge in [-0.2, -0.15) is 0 Å². The summed E-state index contributed by atoms with van der Waals surface area (Å²) in [7, 11) is 0. The van der Waals surface area contributed by atoms with Gasteiger partial charge in [-0.1, -0.05) is 0 Å². The molecule has 1 aliphatic carbocycles. The van der Waals surface area contributed by atoms with Gasteiger partial charge < -0.3 is 26.8 Å². The average Bonchev–Trinajstić information content (AvgIpc) is 1.97. The lowest BCUT2D eigenvalue weighted by Gasteiger charge is -2.37. The minimum Gasteiger partial charge on any atom is -0.389 e. The van der Waals surface area contributed by atoms with E-state index in [1.165, 1.54) is 0 Å². The van der Waals surface area contributed by atoms with Crippen molar-refractivity contribution in [1.29, 1.82) is 0 Å². The fourth-order valence-corrected chi connectivity index (χ4v) is 1.30. The van der Waals surface area contributed by atoms with Crippen LogP contribution in [0.3, 0.4) is 0 Å². The van der Waals surface area contributed by atoms with Gasteiger partial charge in [0.05, 0.1) is 12.2 Å². The fraction of sp³-hybridized carbons (Fsp3) is 1.00. The molecule has 1 rings (SSSR count). The maximum absolute atomic E-state index is 9.14. The molecule has 0 spiro atoms. The van der Waals surface area contributed by atoms with Gasteiger partial charge in [-0.3, -0.25) is 0 Å². The molecule has 3 unspecified atom stereocenters. The zero-order valence-electron chi connectivity index (χ0n) is 6.09. The van der Waals surface area contributed by atoms with Crippen molar-refractivity contribution in [1.82, 2.24) is 0 Å². The van der Waals surface area contributed by atoms with E-state index in [1.807, 2.05) is 0 Å². The molecule has 5 nitrogen and oxygen atoms in total. The number of aliphatic hydroxyl groups excluding tert-OH is 3. The minimum atomic E-state index is -1.21. The Morgan fingerprint density at radius 3 is 1.55 bits per heavy atom. The number of aliphatic hydroxyl groups is 3. The number of nitrogens with two attached hydrogens (primary N) is 2. The van der Waals surface area contributed by atoms with Crippen LogP contribution >= 0.6 is 0 Å². The summed E-state index contributed by atoms with van der Waals surface area (Å²) in [5.74, 6) is 0. The van der Waals surface area contributed by atoms with Crippen LogP contribution in [0.1, 0.15) is 6.42 Å². The van der Waals surface area contributed by atoms with E-state index in [1.54, 1.807) is 0 Å². The molecule has 7 N–H and O–H groups in total. The molecule has 11 heavy (non-hydrogen) atoms. The molecule has 0 bridgehead atoms. The van der Waals surface area contributed by atoms with Gasteiger partial charge in [-0.05, 0) is 6.42 Å². The van der Waals surface area contributed by atoms with Crippen molar-refractivity contribution in [3.63, 3.8) is 0 Å². The summed E-state index contributed by atoms with van der Waals surface area (Å²) in [5.41, 5.74) is 10.8. The first-order valence-electron chi connectivity index (χ1n) is 3.59. The lowest BCUT2D eigenvalue weighted by Crippen LogP contribution is -2.61.